The second-order valence-electron chi connectivity index (χ2n) is 7.18. The molecule has 0 radical (unpaired) electrons. The zero-order valence-electron chi connectivity index (χ0n) is 13.7. The molecule has 1 aliphatic heterocycles. The Kier molecular flexibility index (Phi) is 3.92. The van der Waals surface area contributed by atoms with E-state index in [0.717, 1.165) is 12.0 Å². The highest BCUT2D eigenvalue weighted by atomic mass is 19.1. The Hall–Kier alpha value is -1.88. The van der Waals surface area contributed by atoms with Crippen molar-refractivity contribution in [3.63, 3.8) is 0 Å². The third-order valence-corrected chi connectivity index (χ3v) is 4.01. The van der Waals surface area contributed by atoms with Gasteiger partial charge in [0.15, 0.2) is 0 Å². The molecule has 5 heteroatoms. The lowest BCUT2D eigenvalue weighted by molar-refractivity contribution is 0.0149. The highest BCUT2D eigenvalue weighted by molar-refractivity contribution is 5.72. The van der Waals surface area contributed by atoms with Gasteiger partial charge in [0.05, 0.1) is 24.8 Å². The average Bonchev–Trinajstić information content (AvgIpc) is 3.10. The number of likely N-dealkylation sites (tertiary alicyclic amines) is 1. The van der Waals surface area contributed by atoms with E-state index in [0.29, 0.717) is 13.2 Å². The van der Waals surface area contributed by atoms with Crippen molar-refractivity contribution in [2.24, 2.45) is 0 Å². The molecule has 1 aromatic rings. The van der Waals surface area contributed by atoms with Crippen molar-refractivity contribution < 1.29 is 18.7 Å². The van der Waals surface area contributed by atoms with E-state index >= 15 is 0 Å². The van der Waals surface area contributed by atoms with Gasteiger partial charge in [0.1, 0.15) is 11.4 Å². The zero-order valence-corrected chi connectivity index (χ0v) is 13.7. The topological polar surface area (TPSA) is 38.8 Å². The second-order valence-corrected chi connectivity index (χ2v) is 7.18. The number of nitrogens with zero attached hydrogens (tertiary/aromatic N) is 1. The smallest absolute Gasteiger partial charge is 0.411 e. The summed E-state index contributed by atoms with van der Waals surface area (Å²) in [4.78, 5) is 14.1. The molecule has 23 heavy (non-hydrogen) atoms. The number of carbonyl (C=O) groups excluding carboxylic acids is 1. The fourth-order valence-electron chi connectivity index (χ4n) is 2.79. The molecule has 0 unspecified atom stereocenters. The quantitative estimate of drug-likeness (QED) is 0.798. The molecule has 124 valence electrons. The van der Waals surface area contributed by atoms with Gasteiger partial charge in [-0.2, -0.15) is 0 Å². The Morgan fingerprint density at radius 2 is 1.96 bits per heavy atom. The molecule has 0 N–H and O–H groups in total. The molecular weight excluding hydrogens is 297 g/mol. The summed E-state index contributed by atoms with van der Waals surface area (Å²) >= 11 is 0. The van der Waals surface area contributed by atoms with Crippen molar-refractivity contribution in [2.45, 2.75) is 51.0 Å². The van der Waals surface area contributed by atoms with Crippen molar-refractivity contribution in [1.29, 1.82) is 0 Å². The van der Waals surface area contributed by atoms with Crippen LogP contribution in [0.1, 0.15) is 32.8 Å². The van der Waals surface area contributed by atoms with Crippen molar-refractivity contribution in [3.05, 3.63) is 47.8 Å². The Morgan fingerprint density at radius 3 is 2.52 bits per heavy atom. The Morgan fingerprint density at radius 1 is 1.30 bits per heavy atom. The maximum atomic E-state index is 12.9. The van der Waals surface area contributed by atoms with Gasteiger partial charge in [0, 0.05) is 6.42 Å². The third kappa shape index (κ3) is 3.72. The van der Waals surface area contributed by atoms with Gasteiger partial charge in [-0.3, -0.25) is 4.90 Å². The van der Waals surface area contributed by atoms with Crippen LogP contribution in [0.5, 0.6) is 0 Å². The third-order valence-electron chi connectivity index (χ3n) is 4.01. The van der Waals surface area contributed by atoms with E-state index < -0.39 is 5.60 Å². The van der Waals surface area contributed by atoms with E-state index in [-0.39, 0.29) is 23.6 Å². The SMILES string of the molecule is CC(C)(C)OC(=O)N1C[C@@H](OCc2ccc(F)cc2)CC12C=C2. The van der Waals surface area contributed by atoms with Crippen LogP contribution in [0.25, 0.3) is 0 Å². The number of amides is 1. The van der Waals surface area contributed by atoms with Gasteiger partial charge in [-0.1, -0.05) is 24.3 Å². The van der Waals surface area contributed by atoms with Crippen LogP contribution in [0.4, 0.5) is 9.18 Å². The van der Waals surface area contributed by atoms with Crippen LogP contribution >= 0.6 is 0 Å². The van der Waals surface area contributed by atoms with Crippen molar-refractivity contribution in [3.8, 4) is 0 Å². The van der Waals surface area contributed by atoms with E-state index in [9.17, 15) is 9.18 Å². The molecule has 2 aliphatic rings. The van der Waals surface area contributed by atoms with Crippen LogP contribution in [0, 0.1) is 5.82 Å². The first kappa shape index (κ1) is 16.0. The van der Waals surface area contributed by atoms with Crippen LogP contribution in [0.15, 0.2) is 36.4 Å². The maximum Gasteiger partial charge on any atom is 0.411 e. The molecule has 4 nitrogen and oxygen atoms in total. The van der Waals surface area contributed by atoms with Crippen molar-refractivity contribution in [2.75, 3.05) is 6.54 Å². The molecule has 1 fully saturated rings. The highest BCUT2D eigenvalue weighted by Gasteiger charge is 2.52. The number of carbonyl (C=O) groups is 1. The van der Waals surface area contributed by atoms with Gasteiger partial charge in [0.25, 0.3) is 0 Å². The summed E-state index contributed by atoms with van der Waals surface area (Å²) in [5, 5.41) is 0. The molecule has 0 bridgehead atoms. The Bertz CT molecular complexity index is 612. The summed E-state index contributed by atoms with van der Waals surface area (Å²) < 4.78 is 24.3. The van der Waals surface area contributed by atoms with E-state index in [4.69, 9.17) is 9.47 Å². The molecular formula is C18H22FNO3. The van der Waals surface area contributed by atoms with Crippen molar-refractivity contribution in [1.82, 2.24) is 4.90 Å². The molecule has 1 atom stereocenters. The first-order valence-corrected chi connectivity index (χ1v) is 7.84. The fraction of sp³-hybridized carbons (Fsp3) is 0.500. The van der Waals surface area contributed by atoms with E-state index in [2.05, 4.69) is 0 Å². The number of rotatable bonds is 3. The number of hydrogen-bond donors (Lipinski definition) is 0. The highest BCUT2D eigenvalue weighted by Crippen LogP contribution is 2.43. The number of hydrogen-bond acceptors (Lipinski definition) is 3. The molecule has 1 saturated heterocycles. The molecule has 1 heterocycles. The van der Waals surface area contributed by atoms with Crippen LogP contribution in [0.3, 0.4) is 0 Å². The standard InChI is InChI=1S/C18H22FNO3/c1-17(2,3)23-16(21)20-11-15(10-18(20)8-9-18)22-12-13-4-6-14(19)7-5-13/h4-9,15H,10-12H2,1-3H3/t15-/m0/s1. The summed E-state index contributed by atoms with van der Waals surface area (Å²) in [6, 6.07) is 6.26. The monoisotopic (exact) mass is 319 g/mol. The van der Waals surface area contributed by atoms with Gasteiger partial charge in [-0.05, 0) is 38.5 Å². The lowest BCUT2D eigenvalue weighted by Crippen LogP contribution is -2.42. The zero-order chi connectivity index (χ0) is 16.7. The summed E-state index contributed by atoms with van der Waals surface area (Å²) in [5.74, 6) is -0.258. The summed E-state index contributed by atoms with van der Waals surface area (Å²) in [6.07, 6.45) is 4.40. The van der Waals surface area contributed by atoms with E-state index in [1.165, 1.54) is 12.1 Å². The minimum atomic E-state index is -0.514. The van der Waals surface area contributed by atoms with Crippen LogP contribution in [0.2, 0.25) is 0 Å². The molecule has 0 aromatic heterocycles. The number of halogens is 1. The summed E-state index contributed by atoms with van der Waals surface area (Å²) in [5.41, 5.74) is 0.0932. The summed E-state index contributed by atoms with van der Waals surface area (Å²) in [7, 11) is 0. The Labute approximate surface area is 135 Å². The van der Waals surface area contributed by atoms with E-state index in [1.54, 1.807) is 17.0 Å². The number of ether oxygens (including phenoxy) is 2. The average molecular weight is 319 g/mol. The van der Waals surface area contributed by atoms with Gasteiger partial charge >= 0.3 is 6.09 Å². The molecule has 1 aromatic carbocycles. The predicted octanol–water partition coefficient (Wildman–Crippen LogP) is 3.66. The van der Waals surface area contributed by atoms with Gasteiger partial charge in [-0.25, -0.2) is 9.18 Å². The molecule has 3 rings (SSSR count). The lowest BCUT2D eigenvalue weighted by atomic mass is 10.1. The second kappa shape index (κ2) is 5.64. The Balaban J connectivity index is 1.57. The van der Waals surface area contributed by atoms with E-state index in [1.807, 2.05) is 32.9 Å². The fourth-order valence-corrected chi connectivity index (χ4v) is 2.79. The molecule has 1 aliphatic carbocycles. The van der Waals surface area contributed by atoms with Gasteiger partial charge in [0.2, 0.25) is 0 Å². The van der Waals surface area contributed by atoms with Gasteiger partial charge < -0.3 is 9.47 Å². The predicted molar refractivity (Wildman–Crippen MR) is 84.4 cm³/mol. The van der Waals surface area contributed by atoms with Crippen LogP contribution in [-0.4, -0.2) is 34.8 Å². The van der Waals surface area contributed by atoms with Crippen LogP contribution in [-0.2, 0) is 16.1 Å². The van der Waals surface area contributed by atoms with Crippen LogP contribution < -0.4 is 0 Å². The normalized spacial score (nSPS) is 21.7. The van der Waals surface area contributed by atoms with Crippen molar-refractivity contribution >= 4 is 6.09 Å². The first-order valence-electron chi connectivity index (χ1n) is 7.84. The lowest BCUT2D eigenvalue weighted by Gasteiger charge is -2.28. The minimum absolute atomic E-state index is 0.0532. The molecule has 1 amide bonds. The van der Waals surface area contributed by atoms with Gasteiger partial charge in [-0.15, -0.1) is 0 Å². The first-order chi connectivity index (χ1) is 10.8. The largest absolute Gasteiger partial charge is 0.444 e. The number of benzene rings is 1. The maximum absolute atomic E-state index is 12.9. The molecule has 0 saturated carbocycles. The summed E-state index contributed by atoms with van der Waals surface area (Å²) in [6.45, 7) is 6.48. The minimum Gasteiger partial charge on any atom is -0.444 e. The molecule has 1 spiro atoms.